The van der Waals surface area contributed by atoms with E-state index >= 15 is 0 Å². The average molecular weight is 304 g/mol. The fourth-order valence-electron chi connectivity index (χ4n) is 3.03. The van der Waals surface area contributed by atoms with E-state index in [-0.39, 0.29) is 18.0 Å². The summed E-state index contributed by atoms with van der Waals surface area (Å²) in [6.45, 7) is 2.81. The lowest BCUT2D eigenvalue weighted by Gasteiger charge is -2.36. The molecule has 3 heterocycles. The molecule has 0 bridgehead atoms. The van der Waals surface area contributed by atoms with Crippen LogP contribution in [0.25, 0.3) is 0 Å². The van der Waals surface area contributed by atoms with Crippen LogP contribution in [0.2, 0.25) is 0 Å². The van der Waals surface area contributed by atoms with Crippen LogP contribution in [-0.2, 0) is 0 Å². The number of nitrogens with zero attached hydrogens (tertiary/aromatic N) is 3. The summed E-state index contributed by atoms with van der Waals surface area (Å²) in [6, 6.07) is 3.67. The molecule has 0 spiro atoms. The smallest absolute Gasteiger partial charge is 0.317 e. The Labute approximate surface area is 129 Å². The van der Waals surface area contributed by atoms with Gasteiger partial charge in [0, 0.05) is 44.5 Å². The van der Waals surface area contributed by atoms with Crippen molar-refractivity contribution in [3.63, 3.8) is 0 Å². The number of piperidine rings is 1. The number of hydrogen-bond donors (Lipinski definition) is 1. The Bertz CT molecular complexity index is 552. The van der Waals surface area contributed by atoms with Crippen LogP contribution in [0.15, 0.2) is 18.3 Å². The molecule has 7 heteroatoms. The van der Waals surface area contributed by atoms with Gasteiger partial charge >= 0.3 is 6.03 Å². The van der Waals surface area contributed by atoms with E-state index in [0.717, 1.165) is 25.9 Å². The van der Waals surface area contributed by atoms with Crippen molar-refractivity contribution in [3.8, 4) is 5.88 Å². The van der Waals surface area contributed by atoms with Crippen molar-refractivity contribution in [2.75, 3.05) is 33.3 Å². The Kier molecular flexibility index (Phi) is 4.13. The summed E-state index contributed by atoms with van der Waals surface area (Å²) < 4.78 is 5.00. The number of carbonyl (C=O) groups is 2. The first-order chi connectivity index (χ1) is 10.7. The van der Waals surface area contributed by atoms with Crippen molar-refractivity contribution >= 4 is 11.9 Å². The Morgan fingerprint density at radius 3 is 2.64 bits per heavy atom. The standard InChI is InChI=1S/C15H20N4O3/c1-22-13-3-2-11(10-17-13)14(20)18-7-4-12(5-8-18)19-9-6-16-15(19)21/h2-3,10,12H,4-9H2,1H3,(H,16,21). The highest BCUT2D eigenvalue weighted by Gasteiger charge is 2.32. The van der Waals surface area contributed by atoms with Gasteiger partial charge in [-0.2, -0.15) is 0 Å². The molecule has 1 aromatic heterocycles. The lowest BCUT2D eigenvalue weighted by atomic mass is 10.0. The molecule has 7 nitrogen and oxygen atoms in total. The Morgan fingerprint density at radius 2 is 2.09 bits per heavy atom. The van der Waals surface area contributed by atoms with Crippen LogP contribution in [0, 0.1) is 0 Å². The van der Waals surface area contributed by atoms with E-state index in [9.17, 15) is 9.59 Å². The third kappa shape index (κ3) is 2.84. The summed E-state index contributed by atoms with van der Waals surface area (Å²) in [5.74, 6) is 0.481. The van der Waals surface area contributed by atoms with E-state index < -0.39 is 0 Å². The lowest BCUT2D eigenvalue weighted by Crippen LogP contribution is -2.47. The van der Waals surface area contributed by atoms with E-state index in [1.54, 1.807) is 25.4 Å². The maximum Gasteiger partial charge on any atom is 0.317 e. The highest BCUT2D eigenvalue weighted by molar-refractivity contribution is 5.94. The van der Waals surface area contributed by atoms with Gasteiger partial charge in [0.25, 0.3) is 5.91 Å². The fraction of sp³-hybridized carbons (Fsp3) is 0.533. The number of ether oxygens (including phenoxy) is 1. The van der Waals surface area contributed by atoms with Crippen LogP contribution in [0.4, 0.5) is 4.79 Å². The number of aromatic nitrogens is 1. The first-order valence-corrected chi connectivity index (χ1v) is 7.53. The van der Waals surface area contributed by atoms with Gasteiger partial charge < -0.3 is 19.9 Å². The van der Waals surface area contributed by atoms with Gasteiger partial charge in [-0.05, 0) is 18.9 Å². The average Bonchev–Trinajstić information content (AvgIpc) is 3.00. The number of nitrogens with one attached hydrogen (secondary N) is 1. The van der Waals surface area contributed by atoms with E-state index in [2.05, 4.69) is 10.3 Å². The van der Waals surface area contributed by atoms with Gasteiger partial charge in [-0.3, -0.25) is 4.79 Å². The molecule has 0 saturated carbocycles. The third-order valence-corrected chi connectivity index (χ3v) is 4.27. The zero-order chi connectivity index (χ0) is 15.5. The molecule has 3 amide bonds. The van der Waals surface area contributed by atoms with Crippen molar-refractivity contribution in [2.24, 2.45) is 0 Å². The van der Waals surface area contributed by atoms with Crippen LogP contribution in [0.3, 0.4) is 0 Å². The minimum Gasteiger partial charge on any atom is -0.481 e. The maximum atomic E-state index is 12.4. The van der Waals surface area contributed by atoms with E-state index in [4.69, 9.17) is 4.74 Å². The third-order valence-electron chi connectivity index (χ3n) is 4.27. The minimum absolute atomic E-state index is 0.0144. The molecule has 0 atom stereocenters. The Balaban J connectivity index is 1.58. The number of likely N-dealkylation sites (tertiary alicyclic amines) is 1. The van der Waals surface area contributed by atoms with Gasteiger partial charge in [-0.1, -0.05) is 0 Å². The summed E-state index contributed by atoms with van der Waals surface area (Å²) >= 11 is 0. The SMILES string of the molecule is COc1ccc(C(=O)N2CCC(N3CCNC3=O)CC2)cn1. The van der Waals surface area contributed by atoms with Crippen LogP contribution in [0.1, 0.15) is 23.2 Å². The van der Waals surface area contributed by atoms with Gasteiger partial charge in [0.2, 0.25) is 5.88 Å². The van der Waals surface area contributed by atoms with Crippen molar-refractivity contribution in [3.05, 3.63) is 23.9 Å². The highest BCUT2D eigenvalue weighted by atomic mass is 16.5. The summed E-state index contributed by atoms with van der Waals surface area (Å²) in [6.07, 6.45) is 3.19. The molecule has 118 valence electrons. The zero-order valence-corrected chi connectivity index (χ0v) is 12.6. The molecule has 0 radical (unpaired) electrons. The lowest BCUT2D eigenvalue weighted by molar-refractivity contribution is 0.0665. The molecule has 1 aromatic rings. The molecule has 0 unspecified atom stereocenters. The summed E-state index contributed by atoms with van der Waals surface area (Å²) in [5, 5.41) is 2.82. The Hall–Kier alpha value is -2.31. The van der Waals surface area contributed by atoms with Crippen molar-refractivity contribution in [1.82, 2.24) is 20.1 Å². The van der Waals surface area contributed by atoms with Crippen molar-refractivity contribution in [2.45, 2.75) is 18.9 Å². The molecule has 0 aromatic carbocycles. The topological polar surface area (TPSA) is 74.8 Å². The highest BCUT2D eigenvalue weighted by Crippen LogP contribution is 2.20. The van der Waals surface area contributed by atoms with Crippen LogP contribution in [-0.4, -0.2) is 66.1 Å². The van der Waals surface area contributed by atoms with Gasteiger partial charge in [0.15, 0.2) is 0 Å². The first kappa shape index (κ1) is 14.6. The molecule has 0 aliphatic carbocycles. The zero-order valence-electron chi connectivity index (χ0n) is 12.6. The summed E-state index contributed by atoms with van der Waals surface area (Å²) in [7, 11) is 1.54. The maximum absolute atomic E-state index is 12.4. The molecule has 1 N–H and O–H groups in total. The predicted octanol–water partition coefficient (Wildman–Crippen LogP) is 0.720. The van der Waals surface area contributed by atoms with Gasteiger partial charge in [-0.15, -0.1) is 0 Å². The van der Waals surface area contributed by atoms with Crippen molar-refractivity contribution in [1.29, 1.82) is 0 Å². The second-order valence-corrected chi connectivity index (χ2v) is 5.54. The largest absolute Gasteiger partial charge is 0.481 e. The number of hydrogen-bond acceptors (Lipinski definition) is 4. The minimum atomic E-state index is -0.0144. The van der Waals surface area contributed by atoms with Crippen LogP contribution < -0.4 is 10.1 Å². The fourth-order valence-corrected chi connectivity index (χ4v) is 3.03. The van der Waals surface area contributed by atoms with E-state index in [0.29, 0.717) is 24.5 Å². The van der Waals surface area contributed by atoms with E-state index in [1.165, 1.54) is 0 Å². The number of amides is 3. The van der Waals surface area contributed by atoms with Crippen LogP contribution >= 0.6 is 0 Å². The number of carbonyl (C=O) groups excluding carboxylic acids is 2. The van der Waals surface area contributed by atoms with Gasteiger partial charge in [-0.25, -0.2) is 9.78 Å². The second kappa shape index (κ2) is 6.21. The molecular formula is C15H20N4O3. The van der Waals surface area contributed by atoms with Crippen LogP contribution in [0.5, 0.6) is 5.88 Å². The molecule has 22 heavy (non-hydrogen) atoms. The molecule has 2 aliphatic rings. The first-order valence-electron chi connectivity index (χ1n) is 7.53. The van der Waals surface area contributed by atoms with Gasteiger partial charge in [0.1, 0.15) is 0 Å². The molecular weight excluding hydrogens is 284 g/mol. The summed E-state index contributed by atoms with van der Waals surface area (Å²) in [4.78, 5) is 31.9. The monoisotopic (exact) mass is 304 g/mol. The quantitative estimate of drug-likeness (QED) is 0.893. The number of urea groups is 1. The molecule has 2 fully saturated rings. The van der Waals surface area contributed by atoms with E-state index in [1.807, 2.05) is 9.80 Å². The number of pyridine rings is 1. The molecule has 2 saturated heterocycles. The second-order valence-electron chi connectivity index (χ2n) is 5.54. The number of rotatable bonds is 3. The van der Waals surface area contributed by atoms with Gasteiger partial charge in [0.05, 0.1) is 12.7 Å². The normalized spacial score (nSPS) is 19.2. The summed E-state index contributed by atoms with van der Waals surface area (Å²) in [5.41, 5.74) is 0.568. The number of methoxy groups -OCH3 is 1. The predicted molar refractivity (Wildman–Crippen MR) is 79.8 cm³/mol. The molecule has 2 aliphatic heterocycles. The molecule has 3 rings (SSSR count). The van der Waals surface area contributed by atoms with Crippen molar-refractivity contribution < 1.29 is 14.3 Å². The Morgan fingerprint density at radius 1 is 1.32 bits per heavy atom.